The van der Waals surface area contributed by atoms with Crippen molar-refractivity contribution < 1.29 is 0 Å². The van der Waals surface area contributed by atoms with Crippen LogP contribution in [0, 0.1) is 18.3 Å². The van der Waals surface area contributed by atoms with E-state index in [2.05, 4.69) is 21.3 Å². The molecule has 2 heterocycles. The molecule has 0 aromatic carbocycles. The number of anilines is 1. The molecule has 1 aliphatic rings. The largest absolute Gasteiger partial charge is 0.354 e. The van der Waals surface area contributed by atoms with E-state index in [4.69, 9.17) is 16.9 Å². The smallest absolute Gasteiger partial charge is 0.147 e. The minimum atomic E-state index is 0.548. The van der Waals surface area contributed by atoms with Crippen LogP contribution in [-0.2, 0) is 0 Å². The van der Waals surface area contributed by atoms with Gasteiger partial charge < -0.3 is 10.2 Å². The molecule has 5 heteroatoms. The molecule has 90 valence electrons. The summed E-state index contributed by atoms with van der Waals surface area (Å²) in [6.07, 6.45) is 1.08. The third-order valence-electron chi connectivity index (χ3n) is 2.91. The minimum absolute atomic E-state index is 0.548. The van der Waals surface area contributed by atoms with Gasteiger partial charge in [0.05, 0.1) is 16.3 Å². The van der Waals surface area contributed by atoms with Gasteiger partial charge >= 0.3 is 0 Å². The molecule has 0 amide bonds. The van der Waals surface area contributed by atoms with Gasteiger partial charge in [0.25, 0.3) is 0 Å². The van der Waals surface area contributed by atoms with Crippen molar-refractivity contribution >= 4 is 17.4 Å². The molecule has 1 fully saturated rings. The zero-order valence-electron chi connectivity index (χ0n) is 9.83. The highest BCUT2D eigenvalue weighted by atomic mass is 35.5. The third kappa shape index (κ3) is 2.68. The summed E-state index contributed by atoms with van der Waals surface area (Å²) in [7, 11) is 0. The quantitative estimate of drug-likeness (QED) is 0.825. The zero-order chi connectivity index (χ0) is 12.3. The molecule has 1 saturated heterocycles. The summed E-state index contributed by atoms with van der Waals surface area (Å²) in [5.74, 6) is 0.798. The van der Waals surface area contributed by atoms with E-state index >= 15 is 0 Å². The van der Waals surface area contributed by atoms with Crippen LogP contribution < -0.4 is 10.2 Å². The van der Waals surface area contributed by atoms with Gasteiger partial charge in [0, 0.05) is 19.6 Å². The summed E-state index contributed by atoms with van der Waals surface area (Å²) in [5, 5.41) is 12.8. The summed E-state index contributed by atoms with van der Waals surface area (Å²) >= 11 is 6.19. The van der Waals surface area contributed by atoms with Crippen LogP contribution >= 0.6 is 11.6 Å². The molecule has 0 bridgehead atoms. The van der Waals surface area contributed by atoms with Crippen molar-refractivity contribution in [3.8, 4) is 6.07 Å². The Morgan fingerprint density at radius 1 is 1.47 bits per heavy atom. The van der Waals surface area contributed by atoms with E-state index in [1.807, 2.05) is 6.92 Å². The highest BCUT2D eigenvalue weighted by Gasteiger charge is 2.15. The van der Waals surface area contributed by atoms with Crippen LogP contribution in [0.3, 0.4) is 0 Å². The van der Waals surface area contributed by atoms with Gasteiger partial charge in [0.2, 0.25) is 0 Å². The third-order valence-corrected chi connectivity index (χ3v) is 3.19. The summed E-state index contributed by atoms with van der Waals surface area (Å²) in [5.41, 5.74) is 1.29. The summed E-state index contributed by atoms with van der Waals surface area (Å²) < 4.78 is 0. The highest BCUT2D eigenvalue weighted by Crippen LogP contribution is 2.26. The van der Waals surface area contributed by atoms with E-state index in [0.29, 0.717) is 10.6 Å². The Labute approximate surface area is 106 Å². The standard InChI is InChI=1S/C12H15ClN4/c1-9-10(8-14)7-11(13)12(16-9)17-5-2-3-15-4-6-17/h7,15H,2-6H2,1H3. The molecule has 0 atom stereocenters. The van der Waals surface area contributed by atoms with E-state index in [9.17, 15) is 0 Å². The van der Waals surface area contributed by atoms with Crippen LogP contribution in [-0.4, -0.2) is 31.2 Å². The van der Waals surface area contributed by atoms with Gasteiger partial charge in [-0.05, 0) is 26.0 Å². The van der Waals surface area contributed by atoms with Crippen molar-refractivity contribution in [2.24, 2.45) is 0 Å². The number of nitriles is 1. The first kappa shape index (κ1) is 12.2. The molecule has 4 nitrogen and oxygen atoms in total. The van der Waals surface area contributed by atoms with Crippen LogP contribution in [0.15, 0.2) is 6.07 Å². The maximum absolute atomic E-state index is 8.92. The van der Waals surface area contributed by atoms with Gasteiger partial charge in [-0.15, -0.1) is 0 Å². The number of pyridine rings is 1. The van der Waals surface area contributed by atoms with E-state index in [1.165, 1.54) is 0 Å². The molecule has 0 unspecified atom stereocenters. The second-order valence-corrected chi connectivity index (χ2v) is 4.54. The monoisotopic (exact) mass is 250 g/mol. The Bertz CT molecular complexity index is 445. The number of halogens is 1. The number of aromatic nitrogens is 1. The predicted molar refractivity (Wildman–Crippen MR) is 68.4 cm³/mol. The fraction of sp³-hybridized carbons (Fsp3) is 0.500. The lowest BCUT2D eigenvalue weighted by molar-refractivity contribution is 0.724. The molecular formula is C12H15ClN4. The van der Waals surface area contributed by atoms with Gasteiger partial charge in [0.15, 0.2) is 0 Å². The zero-order valence-corrected chi connectivity index (χ0v) is 10.6. The predicted octanol–water partition coefficient (Wildman–Crippen LogP) is 1.71. The van der Waals surface area contributed by atoms with Crippen molar-refractivity contribution in [1.29, 1.82) is 5.26 Å². The van der Waals surface area contributed by atoms with E-state index in [-0.39, 0.29) is 0 Å². The highest BCUT2D eigenvalue weighted by molar-refractivity contribution is 6.33. The molecule has 1 aromatic rings. The number of aryl methyl sites for hydroxylation is 1. The molecule has 2 rings (SSSR count). The fourth-order valence-electron chi connectivity index (χ4n) is 1.96. The molecule has 1 aliphatic heterocycles. The van der Waals surface area contributed by atoms with Gasteiger partial charge in [0.1, 0.15) is 11.9 Å². The van der Waals surface area contributed by atoms with Crippen molar-refractivity contribution in [1.82, 2.24) is 10.3 Å². The second-order valence-electron chi connectivity index (χ2n) is 4.13. The minimum Gasteiger partial charge on any atom is -0.354 e. The summed E-state index contributed by atoms with van der Waals surface area (Å²) in [6.45, 7) is 5.66. The normalized spacial score (nSPS) is 16.4. The van der Waals surface area contributed by atoms with Crippen molar-refractivity contribution in [2.45, 2.75) is 13.3 Å². The lowest BCUT2D eigenvalue weighted by atomic mass is 10.2. The van der Waals surface area contributed by atoms with Crippen molar-refractivity contribution in [3.05, 3.63) is 22.3 Å². The molecule has 0 aliphatic carbocycles. The first-order valence-corrected chi connectivity index (χ1v) is 6.13. The topological polar surface area (TPSA) is 52.0 Å². The summed E-state index contributed by atoms with van der Waals surface area (Å²) in [4.78, 5) is 6.63. The van der Waals surface area contributed by atoms with Gasteiger partial charge in [-0.1, -0.05) is 11.6 Å². The van der Waals surface area contributed by atoms with Crippen LogP contribution in [0.1, 0.15) is 17.7 Å². The number of nitrogens with one attached hydrogen (secondary N) is 1. The number of hydrogen-bond acceptors (Lipinski definition) is 4. The lowest BCUT2D eigenvalue weighted by Crippen LogP contribution is -2.29. The number of nitrogens with zero attached hydrogens (tertiary/aromatic N) is 3. The molecule has 1 aromatic heterocycles. The average molecular weight is 251 g/mol. The van der Waals surface area contributed by atoms with Gasteiger partial charge in [-0.2, -0.15) is 5.26 Å². The Hall–Kier alpha value is -1.31. The van der Waals surface area contributed by atoms with E-state index in [1.54, 1.807) is 6.07 Å². The Kier molecular flexibility index (Phi) is 3.82. The first-order chi connectivity index (χ1) is 8.22. The molecule has 17 heavy (non-hydrogen) atoms. The van der Waals surface area contributed by atoms with Crippen LogP contribution in [0.2, 0.25) is 5.02 Å². The van der Waals surface area contributed by atoms with Gasteiger partial charge in [-0.25, -0.2) is 4.98 Å². The molecule has 1 N–H and O–H groups in total. The first-order valence-electron chi connectivity index (χ1n) is 5.75. The van der Waals surface area contributed by atoms with Crippen molar-refractivity contribution in [3.63, 3.8) is 0 Å². The maximum atomic E-state index is 8.92. The van der Waals surface area contributed by atoms with E-state index in [0.717, 1.165) is 44.1 Å². The van der Waals surface area contributed by atoms with Crippen LogP contribution in [0.25, 0.3) is 0 Å². The average Bonchev–Trinajstić information content (AvgIpc) is 2.60. The molecule has 0 saturated carbocycles. The Morgan fingerprint density at radius 2 is 2.29 bits per heavy atom. The number of rotatable bonds is 1. The summed E-state index contributed by atoms with van der Waals surface area (Å²) in [6, 6.07) is 3.81. The fourth-order valence-corrected chi connectivity index (χ4v) is 2.23. The van der Waals surface area contributed by atoms with E-state index < -0.39 is 0 Å². The van der Waals surface area contributed by atoms with Crippen LogP contribution in [0.4, 0.5) is 5.82 Å². The maximum Gasteiger partial charge on any atom is 0.147 e. The number of hydrogen-bond donors (Lipinski definition) is 1. The Morgan fingerprint density at radius 3 is 3.06 bits per heavy atom. The molecule has 0 spiro atoms. The lowest BCUT2D eigenvalue weighted by Gasteiger charge is -2.22. The van der Waals surface area contributed by atoms with Crippen LogP contribution in [0.5, 0.6) is 0 Å². The SMILES string of the molecule is Cc1nc(N2CCCNCC2)c(Cl)cc1C#N. The van der Waals surface area contributed by atoms with Gasteiger partial charge in [-0.3, -0.25) is 0 Å². The molecule has 0 radical (unpaired) electrons. The second kappa shape index (κ2) is 5.35. The van der Waals surface area contributed by atoms with Crippen molar-refractivity contribution in [2.75, 3.05) is 31.1 Å². The Balaban J connectivity index is 2.31. The molecular weight excluding hydrogens is 236 g/mol.